The van der Waals surface area contributed by atoms with E-state index < -0.39 is 0 Å². The van der Waals surface area contributed by atoms with Gasteiger partial charge in [-0.05, 0) is 58.8 Å². The molecule has 0 aliphatic rings. The van der Waals surface area contributed by atoms with Crippen LogP contribution in [0.1, 0.15) is 22.9 Å². The summed E-state index contributed by atoms with van der Waals surface area (Å²) in [5.41, 5.74) is 1.74. The molecule has 2 aromatic rings. The molecule has 0 aliphatic heterocycles. The quantitative estimate of drug-likeness (QED) is 0.336. The third-order valence-electron chi connectivity index (χ3n) is 2.86. The van der Waals surface area contributed by atoms with Gasteiger partial charge in [-0.1, -0.05) is 45.2 Å². The third-order valence-corrected chi connectivity index (χ3v) is 5.40. The highest BCUT2D eigenvalue weighted by atomic mass is 127. The Balaban J connectivity index is 2.43. The summed E-state index contributed by atoms with van der Waals surface area (Å²) in [7, 11) is 0. The standard InChI is InChI=1S/C15H11BrCl2FIO/c1-2-21-14-7-11(17)10(6-12(14)18)15(16)9-4-3-8(19)5-13(9)20/h3-7,15H,2H2,1H3. The lowest BCUT2D eigenvalue weighted by Gasteiger charge is -2.16. The maximum Gasteiger partial charge on any atom is 0.139 e. The maximum atomic E-state index is 13.2. The first-order valence-corrected chi connectivity index (χ1v) is 8.89. The Hall–Kier alpha value is -0.0400. The molecule has 0 aromatic heterocycles. The lowest BCUT2D eigenvalue weighted by atomic mass is 10.0. The van der Waals surface area contributed by atoms with E-state index in [-0.39, 0.29) is 10.6 Å². The van der Waals surface area contributed by atoms with Crippen molar-refractivity contribution in [3.8, 4) is 5.75 Å². The summed E-state index contributed by atoms with van der Waals surface area (Å²) in [4.78, 5) is -0.175. The number of rotatable bonds is 4. The Morgan fingerprint density at radius 1 is 1.19 bits per heavy atom. The smallest absolute Gasteiger partial charge is 0.139 e. The zero-order valence-electron chi connectivity index (χ0n) is 11.0. The molecule has 0 aliphatic carbocycles. The summed E-state index contributed by atoms with van der Waals surface area (Å²) in [5, 5.41) is 1.04. The lowest BCUT2D eigenvalue weighted by molar-refractivity contribution is 0.340. The summed E-state index contributed by atoms with van der Waals surface area (Å²) in [5.74, 6) is 0.292. The molecule has 0 fully saturated rings. The van der Waals surface area contributed by atoms with E-state index in [1.807, 2.05) is 6.92 Å². The number of alkyl halides is 1. The van der Waals surface area contributed by atoms with E-state index in [0.29, 0.717) is 22.4 Å². The number of hydrogen-bond acceptors (Lipinski definition) is 1. The van der Waals surface area contributed by atoms with Crippen molar-refractivity contribution < 1.29 is 9.13 Å². The van der Waals surface area contributed by atoms with Crippen molar-refractivity contribution in [1.82, 2.24) is 0 Å². The minimum atomic E-state index is -0.265. The van der Waals surface area contributed by atoms with Crippen LogP contribution in [0, 0.1) is 9.39 Å². The zero-order valence-corrected chi connectivity index (χ0v) is 16.2. The molecule has 21 heavy (non-hydrogen) atoms. The van der Waals surface area contributed by atoms with E-state index >= 15 is 0 Å². The normalized spacial score (nSPS) is 12.3. The topological polar surface area (TPSA) is 9.23 Å². The Bertz CT molecular complexity index is 666. The van der Waals surface area contributed by atoms with Gasteiger partial charge < -0.3 is 4.74 Å². The molecule has 0 saturated carbocycles. The van der Waals surface area contributed by atoms with Gasteiger partial charge in [-0.15, -0.1) is 0 Å². The van der Waals surface area contributed by atoms with E-state index in [0.717, 1.165) is 14.7 Å². The van der Waals surface area contributed by atoms with Crippen molar-refractivity contribution in [2.45, 2.75) is 11.8 Å². The van der Waals surface area contributed by atoms with Crippen LogP contribution in [-0.4, -0.2) is 6.61 Å². The Labute approximate surface area is 155 Å². The van der Waals surface area contributed by atoms with Crippen molar-refractivity contribution in [2.24, 2.45) is 0 Å². The highest BCUT2D eigenvalue weighted by molar-refractivity contribution is 14.1. The molecular weight excluding hydrogens is 493 g/mol. The van der Waals surface area contributed by atoms with Gasteiger partial charge in [0, 0.05) is 14.7 Å². The van der Waals surface area contributed by atoms with Crippen molar-refractivity contribution in [1.29, 1.82) is 0 Å². The second kappa shape index (κ2) is 7.49. The average molecular weight is 504 g/mol. The Kier molecular flexibility index (Phi) is 6.17. The first-order chi connectivity index (χ1) is 9.93. The molecule has 0 saturated heterocycles. The van der Waals surface area contributed by atoms with Gasteiger partial charge in [0.15, 0.2) is 0 Å². The molecule has 6 heteroatoms. The monoisotopic (exact) mass is 502 g/mol. The van der Waals surface area contributed by atoms with Crippen molar-refractivity contribution >= 4 is 61.7 Å². The van der Waals surface area contributed by atoms with Crippen molar-refractivity contribution in [3.63, 3.8) is 0 Å². The molecule has 2 rings (SSSR count). The zero-order chi connectivity index (χ0) is 15.6. The first kappa shape index (κ1) is 17.3. The number of ether oxygens (including phenoxy) is 1. The second-order valence-electron chi connectivity index (χ2n) is 4.27. The highest BCUT2D eigenvalue weighted by Gasteiger charge is 2.19. The van der Waals surface area contributed by atoms with Gasteiger partial charge >= 0.3 is 0 Å². The molecule has 0 spiro atoms. The molecule has 0 heterocycles. The van der Waals surface area contributed by atoms with Crippen molar-refractivity contribution in [3.05, 3.63) is 60.9 Å². The lowest BCUT2D eigenvalue weighted by Crippen LogP contribution is -1.99. The average Bonchev–Trinajstić information content (AvgIpc) is 2.42. The first-order valence-electron chi connectivity index (χ1n) is 6.14. The Morgan fingerprint density at radius 3 is 2.52 bits per heavy atom. The predicted molar refractivity (Wildman–Crippen MR) is 97.5 cm³/mol. The number of hydrogen-bond donors (Lipinski definition) is 0. The van der Waals surface area contributed by atoms with Crippen LogP contribution in [-0.2, 0) is 0 Å². The summed E-state index contributed by atoms with van der Waals surface area (Å²) < 4.78 is 19.4. The van der Waals surface area contributed by atoms with Crippen LogP contribution in [0.25, 0.3) is 0 Å². The summed E-state index contributed by atoms with van der Waals surface area (Å²) in [6, 6.07) is 8.11. The molecule has 0 amide bonds. The minimum absolute atomic E-state index is 0.175. The molecule has 1 unspecified atom stereocenters. The van der Waals surface area contributed by atoms with E-state index in [1.54, 1.807) is 18.2 Å². The van der Waals surface area contributed by atoms with E-state index in [2.05, 4.69) is 38.5 Å². The van der Waals surface area contributed by atoms with Crippen LogP contribution >= 0.6 is 61.7 Å². The van der Waals surface area contributed by atoms with Gasteiger partial charge in [0.25, 0.3) is 0 Å². The Morgan fingerprint density at radius 2 is 1.90 bits per heavy atom. The van der Waals surface area contributed by atoms with Crippen LogP contribution in [0.3, 0.4) is 0 Å². The van der Waals surface area contributed by atoms with Gasteiger partial charge in [-0.3, -0.25) is 0 Å². The molecule has 0 radical (unpaired) electrons. The molecule has 1 nitrogen and oxygen atoms in total. The summed E-state index contributed by atoms with van der Waals surface area (Å²) in [6.07, 6.45) is 0. The molecule has 2 aromatic carbocycles. The van der Waals surface area contributed by atoms with Gasteiger partial charge in [0.05, 0.1) is 16.5 Å². The van der Waals surface area contributed by atoms with E-state index in [4.69, 9.17) is 27.9 Å². The number of halogens is 5. The van der Waals surface area contributed by atoms with Crippen LogP contribution in [0.15, 0.2) is 30.3 Å². The SMILES string of the molecule is CCOc1cc(Cl)c(C(Br)c2ccc(F)cc2I)cc1Cl. The van der Waals surface area contributed by atoms with Crippen LogP contribution in [0.5, 0.6) is 5.75 Å². The maximum absolute atomic E-state index is 13.2. The molecule has 0 bridgehead atoms. The van der Waals surface area contributed by atoms with E-state index in [9.17, 15) is 4.39 Å². The summed E-state index contributed by atoms with van der Waals surface area (Å²) >= 11 is 18.2. The predicted octanol–water partition coefficient (Wildman–Crippen LogP) is 6.62. The van der Waals surface area contributed by atoms with Crippen LogP contribution < -0.4 is 4.74 Å². The summed E-state index contributed by atoms with van der Waals surface area (Å²) in [6.45, 7) is 2.40. The molecule has 1 atom stereocenters. The minimum Gasteiger partial charge on any atom is -0.492 e. The molecule has 0 N–H and O–H groups in total. The molecular formula is C15H11BrCl2FIO. The van der Waals surface area contributed by atoms with Crippen molar-refractivity contribution in [2.75, 3.05) is 6.61 Å². The largest absolute Gasteiger partial charge is 0.492 e. The van der Waals surface area contributed by atoms with Gasteiger partial charge in [0.1, 0.15) is 11.6 Å². The van der Waals surface area contributed by atoms with Crippen LogP contribution in [0.4, 0.5) is 4.39 Å². The molecule has 112 valence electrons. The third kappa shape index (κ3) is 4.03. The fourth-order valence-electron chi connectivity index (χ4n) is 1.88. The number of benzene rings is 2. The second-order valence-corrected chi connectivity index (χ2v) is 7.16. The fourth-order valence-corrected chi connectivity index (χ4v) is 4.49. The van der Waals surface area contributed by atoms with Gasteiger partial charge in [-0.2, -0.15) is 0 Å². The van der Waals surface area contributed by atoms with Gasteiger partial charge in [-0.25, -0.2) is 4.39 Å². The highest BCUT2D eigenvalue weighted by Crippen LogP contribution is 2.41. The fraction of sp³-hybridized carbons (Fsp3) is 0.200. The van der Waals surface area contributed by atoms with Gasteiger partial charge in [0.2, 0.25) is 0 Å². The van der Waals surface area contributed by atoms with Crippen LogP contribution in [0.2, 0.25) is 10.0 Å². The van der Waals surface area contributed by atoms with E-state index in [1.165, 1.54) is 12.1 Å².